The van der Waals surface area contributed by atoms with Crippen LogP contribution >= 0.6 is 0 Å². The Hall–Kier alpha value is -2.89. The van der Waals surface area contributed by atoms with Crippen molar-refractivity contribution in [3.05, 3.63) is 47.5 Å². The molecule has 0 radical (unpaired) electrons. The van der Waals surface area contributed by atoms with Crippen molar-refractivity contribution in [1.29, 1.82) is 0 Å². The zero-order chi connectivity index (χ0) is 17.5. The van der Waals surface area contributed by atoms with Gasteiger partial charge in [-0.3, -0.25) is 4.79 Å². The SMILES string of the molecule is CNC(=O)c1ccc(NCc2cc(OC)c(OC)c(OC)c2)cc1. The van der Waals surface area contributed by atoms with Gasteiger partial charge >= 0.3 is 0 Å². The topological polar surface area (TPSA) is 68.8 Å². The third-order valence-corrected chi connectivity index (χ3v) is 3.60. The van der Waals surface area contributed by atoms with Crippen LogP contribution in [0.25, 0.3) is 0 Å². The van der Waals surface area contributed by atoms with Crippen molar-refractivity contribution in [3.8, 4) is 17.2 Å². The summed E-state index contributed by atoms with van der Waals surface area (Å²) >= 11 is 0. The van der Waals surface area contributed by atoms with Crippen molar-refractivity contribution in [1.82, 2.24) is 5.32 Å². The van der Waals surface area contributed by atoms with E-state index in [-0.39, 0.29) is 5.91 Å². The lowest BCUT2D eigenvalue weighted by molar-refractivity contribution is 0.0963. The molecule has 2 rings (SSSR count). The first kappa shape index (κ1) is 17.5. The highest BCUT2D eigenvalue weighted by Crippen LogP contribution is 2.38. The third-order valence-electron chi connectivity index (χ3n) is 3.60. The fraction of sp³-hybridized carbons (Fsp3) is 0.278. The summed E-state index contributed by atoms with van der Waals surface area (Å²) in [7, 11) is 6.36. The Labute approximate surface area is 141 Å². The maximum Gasteiger partial charge on any atom is 0.251 e. The monoisotopic (exact) mass is 330 g/mol. The Morgan fingerprint density at radius 2 is 1.54 bits per heavy atom. The van der Waals surface area contributed by atoms with Gasteiger partial charge in [-0.05, 0) is 42.0 Å². The van der Waals surface area contributed by atoms with E-state index in [4.69, 9.17) is 14.2 Å². The number of hydrogen-bond donors (Lipinski definition) is 2. The van der Waals surface area contributed by atoms with Gasteiger partial charge in [-0.25, -0.2) is 0 Å². The van der Waals surface area contributed by atoms with Crippen LogP contribution < -0.4 is 24.8 Å². The highest BCUT2D eigenvalue weighted by atomic mass is 16.5. The van der Waals surface area contributed by atoms with Gasteiger partial charge in [-0.15, -0.1) is 0 Å². The smallest absolute Gasteiger partial charge is 0.251 e. The summed E-state index contributed by atoms with van der Waals surface area (Å²) in [6, 6.07) is 11.1. The molecule has 24 heavy (non-hydrogen) atoms. The quantitative estimate of drug-likeness (QED) is 0.817. The van der Waals surface area contributed by atoms with E-state index in [2.05, 4.69) is 10.6 Å². The van der Waals surface area contributed by atoms with Crippen LogP contribution in [0.1, 0.15) is 15.9 Å². The molecule has 0 unspecified atom stereocenters. The number of rotatable bonds is 7. The molecule has 6 nitrogen and oxygen atoms in total. The Morgan fingerprint density at radius 1 is 0.958 bits per heavy atom. The molecule has 0 aliphatic carbocycles. The second kappa shape index (κ2) is 8.10. The van der Waals surface area contributed by atoms with E-state index in [1.54, 1.807) is 40.5 Å². The molecule has 0 saturated carbocycles. The molecule has 2 aromatic rings. The Kier molecular flexibility index (Phi) is 5.89. The molecule has 6 heteroatoms. The molecule has 0 aromatic heterocycles. The van der Waals surface area contributed by atoms with E-state index in [1.807, 2.05) is 24.3 Å². The molecule has 0 saturated heterocycles. The minimum Gasteiger partial charge on any atom is -0.493 e. The van der Waals surface area contributed by atoms with E-state index in [0.717, 1.165) is 11.3 Å². The number of anilines is 1. The minimum atomic E-state index is -0.105. The summed E-state index contributed by atoms with van der Waals surface area (Å²) in [5, 5.41) is 5.90. The molecule has 0 fully saturated rings. The minimum absolute atomic E-state index is 0.105. The molecule has 0 heterocycles. The molecule has 0 bridgehead atoms. The van der Waals surface area contributed by atoms with E-state index in [1.165, 1.54) is 0 Å². The molecule has 0 atom stereocenters. The summed E-state index contributed by atoms with van der Waals surface area (Å²) in [6.45, 7) is 0.579. The summed E-state index contributed by atoms with van der Waals surface area (Å²) < 4.78 is 16.0. The average molecular weight is 330 g/mol. The largest absolute Gasteiger partial charge is 0.493 e. The first-order chi connectivity index (χ1) is 11.6. The van der Waals surface area contributed by atoms with Gasteiger partial charge in [0.25, 0.3) is 5.91 Å². The number of carbonyl (C=O) groups is 1. The molecule has 0 aliphatic heterocycles. The Bertz CT molecular complexity index is 674. The van der Waals surface area contributed by atoms with Gasteiger partial charge in [0.05, 0.1) is 21.3 Å². The lowest BCUT2D eigenvalue weighted by atomic mass is 10.1. The van der Waals surface area contributed by atoms with Crippen LogP contribution in [0.2, 0.25) is 0 Å². The highest BCUT2D eigenvalue weighted by Gasteiger charge is 2.13. The van der Waals surface area contributed by atoms with Gasteiger partial charge in [0.1, 0.15) is 0 Å². The van der Waals surface area contributed by atoms with Crippen molar-refractivity contribution in [2.75, 3.05) is 33.7 Å². The summed E-state index contributed by atoms with van der Waals surface area (Å²) in [6.07, 6.45) is 0. The number of amides is 1. The summed E-state index contributed by atoms with van der Waals surface area (Å²) in [5.74, 6) is 1.69. The molecule has 0 aliphatic rings. The second-order valence-corrected chi connectivity index (χ2v) is 5.04. The second-order valence-electron chi connectivity index (χ2n) is 5.04. The third kappa shape index (κ3) is 3.90. The maximum atomic E-state index is 11.5. The van der Waals surface area contributed by atoms with E-state index >= 15 is 0 Å². The van der Waals surface area contributed by atoms with Crippen molar-refractivity contribution >= 4 is 11.6 Å². The van der Waals surface area contributed by atoms with Gasteiger partial charge in [0.2, 0.25) is 5.75 Å². The van der Waals surface area contributed by atoms with Crippen molar-refractivity contribution < 1.29 is 19.0 Å². The molecular formula is C18H22N2O4. The number of nitrogens with one attached hydrogen (secondary N) is 2. The highest BCUT2D eigenvalue weighted by molar-refractivity contribution is 5.94. The van der Waals surface area contributed by atoms with Crippen molar-refractivity contribution in [2.24, 2.45) is 0 Å². The predicted octanol–water partition coefficient (Wildman–Crippen LogP) is 2.68. The van der Waals surface area contributed by atoms with Crippen LogP contribution in [0.4, 0.5) is 5.69 Å². The van der Waals surface area contributed by atoms with Crippen LogP contribution in [0.15, 0.2) is 36.4 Å². The van der Waals surface area contributed by atoms with Crippen LogP contribution in [-0.4, -0.2) is 34.3 Å². The van der Waals surface area contributed by atoms with E-state index in [9.17, 15) is 4.79 Å². The molecule has 2 N–H and O–H groups in total. The predicted molar refractivity (Wildman–Crippen MR) is 93.3 cm³/mol. The van der Waals surface area contributed by atoms with E-state index < -0.39 is 0 Å². The van der Waals surface area contributed by atoms with Gasteiger partial charge in [-0.1, -0.05) is 0 Å². The lowest BCUT2D eigenvalue weighted by Crippen LogP contribution is -2.17. The van der Waals surface area contributed by atoms with Crippen LogP contribution in [0, 0.1) is 0 Å². The zero-order valence-corrected chi connectivity index (χ0v) is 14.3. The van der Waals surface area contributed by atoms with Gasteiger partial charge in [-0.2, -0.15) is 0 Å². The first-order valence-corrected chi connectivity index (χ1v) is 7.47. The normalized spacial score (nSPS) is 10.0. The maximum absolute atomic E-state index is 11.5. The van der Waals surface area contributed by atoms with Gasteiger partial charge < -0.3 is 24.8 Å². The number of ether oxygens (including phenoxy) is 3. The van der Waals surface area contributed by atoms with Crippen LogP contribution in [-0.2, 0) is 6.54 Å². The molecular weight excluding hydrogens is 308 g/mol. The zero-order valence-electron chi connectivity index (χ0n) is 14.3. The van der Waals surface area contributed by atoms with Crippen LogP contribution in [0.5, 0.6) is 17.2 Å². The van der Waals surface area contributed by atoms with Gasteiger partial charge in [0.15, 0.2) is 11.5 Å². The number of benzene rings is 2. The summed E-state index contributed by atoms with van der Waals surface area (Å²) in [4.78, 5) is 11.5. The van der Waals surface area contributed by atoms with E-state index in [0.29, 0.717) is 29.4 Å². The fourth-order valence-electron chi connectivity index (χ4n) is 2.33. The molecule has 2 aromatic carbocycles. The molecule has 0 spiro atoms. The number of hydrogen-bond acceptors (Lipinski definition) is 5. The van der Waals surface area contributed by atoms with Crippen LogP contribution in [0.3, 0.4) is 0 Å². The van der Waals surface area contributed by atoms with Crippen molar-refractivity contribution in [3.63, 3.8) is 0 Å². The lowest BCUT2D eigenvalue weighted by Gasteiger charge is -2.15. The summed E-state index contributed by atoms with van der Waals surface area (Å²) in [5.41, 5.74) is 2.52. The fourth-order valence-corrected chi connectivity index (χ4v) is 2.33. The van der Waals surface area contributed by atoms with Gasteiger partial charge in [0, 0.05) is 24.8 Å². The number of methoxy groups -OCH3 is 3. The molecule has 1 amide bonds. The number of carbonyl (C=O) groups excluding carboxylic acids is 1. The average Bonchev–Trinajstić information content (AvgIpc) is 2.65. The Balaban J connectivity index is 2.12. The first-order valence-electron chi connectivity index (χ1n) is 7.47. The molecule has 128 valence electrons. The standard InChI is InChI=1S/C18H22N2O4/c1-19-18(21)13-5-7-14(8-6-13)20-11-12-9-15(22-2)17(24-4)16(10-12)23-3/h5-10,20H,11H2,1-4H3,(H,19,21). The Morgan fingerprint density at radius 3 is 2.00 bits per heavy atom. The van der Waals surface area contributed by atoms with Crippen molar-refractivity contribution in [2.45, 2.75) is 6.54 Å².